The molecule has 0 bridgehead atoms. The van der Waals surface area contributed by atoms with E-state index in [1.807, 2.05) is 38.1 Å². The average Bonchev–Trinajstić information content (AvgIpc) is 3.56. The molecule has 4 aliphatic rings. The first-order valence-corrected chi connectivity index (χ1v) is 15.6. The number of rotatable bonds is 4. The van der Waals surface area contributed by atoms with E-state index < -0.39 is 5.82 Å². The number of pyridine rings is 1. The van der Waals surface area contributed by atoms with Gasteiger partial charge in [-0.15, -0.1) is 0 Å². The Balaban J connectivity index is 0.00000141. The largest absolute Gasteiger partial charge is 0.508 e. The number of ether oxygens (including phenoxy) is 1. The second-order valence-corrected chi connectivity index (χ2v) is 11.8. The fraction of sp³-hybridized carbons (Fsp3) is 0.485. The Bertz CT molecular complexity index is 1630. The zero-order chi connectivity index (χ0) is 28.8. The van der Waals surface area contributed by atoms with Crippen molar-refractivity contribution in [3.63, 3.8) is 0 Å². The van der Waals surface area contributed by atoms with E-state index in [9.17, 15) is 5.11 Å². The Labute approximate surface area is 245 Å². The van der Waals surface area contributed by atoms with Crippen LogP contribution in [0.5, 0.6) is 11.8 Å². The van der Waals surface area contributed by atoms with Gasteiger partial charge in [0, 0.05) is 31.2 Å². The molecule has 2 N–H and O–H groups in total. The van der Waals surface area contributed by atoms with Crippen molar-refractivity contribution >= 4 is 27.5 Å². The van der Waals surface area contributed by atoms with Crippen LogP contribution in [-0.2, 0) is 6.42 Å². The number of anilines is 1. The molecule has 0 amide bonds. The van der Waals surface area contributed by atoms with Gasteiger partial charge >= 0.3 is 6.01 Å². The molecule has 8 nitrogen and oxygen atoms in total. The Morgan fingerprint density at radius 3 is 2.71 bits per heavy atom. The molecule has 4 aromatic rings. The smallest absolute Gasteiger partial charge is 0.319 e. The van der Waals surface area contributed by atoms with Gasteiger partial charge in [0.15, 0.2) is 5.82 Å². The molecule has 3 saturated heterocycles. The van der Waals surface area contributed by atoms with Gasteiger partial charge in [-0.1, -0.05) is 38.1 Å². The molecule has 2 aromatic carbocycles. The van der Waals surface area contributed by atoms with Crippen LogP contribution in [0.2, 0.25) is 0 Å². The second kappa shape index (κ2) is 10.9. The number of halogens is 1. The van der Waals surface area contributed by atoms with E-state index in [4.69, 9.17) is 19.7 Å². The number of aromatic nitrogens is 3. The lowest BCUT2D eigenvalue weighted by molar-refractivity contribution is 0.108. The van der Waals surface area contributed by atoms with Crippen molar-refractivity contribution in [2.24, 2.45) is 0 Å². The summed E-state index contributed by atoms with van der Waals surface area (Å²) < 4.78 is 23.1. The lowest BCUT2D eigenvalue weighted by Gasteiger charge is -2.36. The minimum Gasteiger partial charge on any atom is -0.508 e. The summed E-state index contributed by atoms with van der Waals surface area (Å²) in [5, 5.41) is 16.4. The van der Waals surface area contributed by atoms with Crippen LogP contribution in [0.15, 0.2) is 36.4 Å². The molecule has 0 radical (unpaired) electrons. The highest BCUT2D eigenvalue weighted by Crippen LogP contribution is 2.42. The summed E-state index contributed by atoms with van der Waals surface area (Å²) >= 11 is 0. The van der Waals surface area contributed by atoms with Crippen molar-refractivity contribution in [3.05, 3.63) is 47.9 Å². The maximum absolute atomic E-state index is 16.7. The number of aromatic hydroxyl groups is 1. The summed E-state index contributed by atoms with van der Waals surface area (Å²) in [6.07, 6.45) is 6.17. The zero-order valence-corrected chi connectivity index (χ0v) is 24.5. The Kier molecular flexibility index (Phi) is 7.10. The molecule has 6 heterocycles. The summed E-state index contributed by atoms with van der Waals surface area (Å²) in [7, 11) is 0. The van der Waals surface area contributed by atoms with Crippen LogP contribution in [0, 0.1) is 5.82 Å². The van der Waals surface area contributed by atoms with Crippen molar-refractivity contribution in [1.82, 2.24) is 25.2 Å². The maximum atomic E-state index is 16.7. The first-order chi connectivity index (χ1) is 20.6. The lowest BCUT2D eigenvalue weighted by atomic mass is 9.95. The monoisotopic (exact) mass is 570 g/mol. The molecule has 2 aromatic heterocycles. The van der Waals surface area contributed by atoms with Crippen LogP contribution in [0.25, 0.3) is 32.9 Å². The number of hydrogen-bond donors (Lipinski definition) is 2. The predicted octanol–water partition coefficient (Wildman–Crippen LogP) is 5.45. The predicted molar refractivity (Wildman–Crippen MR) is 164 cm³/mol. The number of piperazine rings is 1. The number of phenolic OH excluding ortho intramolecular Hbond substituents is 1. The highest BCUT2D eigenvalue weighted by molar-refractivity contribution is 6.01. The third kappa shape index (κ3) is 4.45. The SMILES string of the molecule is CC.Oc1cc(-c2nc3c4c(nc(OCC56CCCN5CCC6)nc4c2F)N2CCNC[C@H]2CC3)c2ccccc2c1. The maximum Gasteiger partial charge on any atom is 0.319 e. The highest BCUT2D eigenvalue weighted by Gasteiger charge is 2.45. The number of nitrogens with zero attached hydrogens (tertiary/aromatic N) is 5. The number of phenols is 1. The number of benzene rings is 2. The molecule has 220 valence electrons. The van der Waals surface area contributed by atoms with Gasteiger partial charge in [0.2, 0.25) is 0 Å². The van der Waals surface area contributed by atoms with Crippen molar-refractivity contribution < 1.29 is 14.2 Å². The number of nitrogens with one attached hydrogen (secondary N) is 1. The molecule has 0 spiro atoms. The molecule has 1 atom stereocenters. The second-order valence-electron chi connectivity index (χ2n) is 11.8. The average molecular weight is 571 g/mol. The van der Waals surface area contributed by atoms with Gasteiger partial charge in [0.1, 0.15) is 29.4 Å². The summed E-state index contributed by atoms with van der Waals surface area (Å²) in [6, 6.07) is 11.4. The first kappa shape index (κ1) is 27.3. The molecule has 9 heteroatoms. The van der Waals surface area contributed by atoms with Crippen LogP contribution >= 0.6 is 0 Å². The quantitative estimate of drug-likeness (QED) is 0.335. The third-order valence-electron chi connectivity index (χ3n) is 9.54. The summed E-state index contributed by atoms with van der Waals surface area (Å²) in [5.74, 6) is 0.302. The van der Waals surface area contributed by atoms with Crippen molar-refractivity contribution in [2.45, 2.75) is 64.0 Å². The fourth-order valence-electron chi connectivity index (χ4n) is 7.59. The summed E-state index contributed by atoms with van der Waals surface area (Å²) in [4.78, 5) is 19.5. The van der Waals surface area contributed by atoms with Crippen LogP contribution in [-0.4, -0.2) is 75.9 Å². The molecule has 0 unspecified atom stereocenters. The van der Waals surface area contributed by atoms with Crippen molar-refractivity contribution in [2.75, 3.05) is 44.2 Å². The van der Waals surface area contributed by atoms with E-state index in [2.05, 4.69) is 15.1 Å². The molecular weight excluding hydrogens is 531 g/mol. The van der Waals surface area contributed by atoms with Gasteiger partial charge in [-0.2, -0.15) is 9.97 Å². The van der Waals surface area contributed by atoms with E-state index in [1.165, 1.54) is 12.8 Å². The molecule has 42 heavy (non-hydrogen) atoms. The van der Waals surface area contributed by atoms with Gasteiger partial charge in [-0.3, -0.25) is 4.90 Å². The lowest BCUT2D eigenvalue weighted by Crippen LogP contribution is -2.51. The highest BCUT2D eigenvalue weighted by atomic mass is 19.1. The molecule has 4 aliphatic heterocycles. The third-order valence-corrected chi connectivity index (χ3v) is 9.54. The molecule has 8 rings (SSSR count). The summed E-state index contributed by atoms with van der Waals surface area (Å²) in [5.41, 5.74) is 1.85. The van der Waals surface area contributed by atoms with Crippen LogP contribution in [0.4, 0.5) is 10.2 Å². The molecular formula is C33H39FN6O2. The van der Waals surface area contributed by atoms with Crippen LogP contribution in [0.3, 0.4) is 0 Å². The molecule has 3 fully saturated rings. The Morgan fingerprint density at radius 1 is 1.07 bits per heavy atom. The van der Waals surface area contributed by atoms with Gasteiger partial charge in [0.05, 0.1) is 16.6 Å². The topological polar surface area (TPSA) is 86.6 Å². The minimum absolute atomic E-state index is 0.0393. The van der Waals surface area contributed by atoms with E-state index in [-0.39, 0.29) is 34.6 Å². The number of hydrogen-bond acceptors (Lipinski definition) is 8. The standard InChI is InChI=1S/C31H33FN6O2.C2H6/c32-26-27(23-16-21(39)15-19-5-1-2-6-22(19)23)34-24-8-7-20-17-33-11-14-38(20)29-25(24)28(26)35-30(36-29)40-18-31-9-3-12-37(31)13-4-10-31;1-2/h1-2,5-6,15-16,20,33,39H,3-4,7-14,17-18H2;1-2H3/t20-;/m1./s1. The van der Waals surface area contributed by atoms with E-state index in [0.29, 0.717) is 24.0 Å². The molecule has 0 saturated carbocycles. The fourth-order valence-corrected chi connectivity index (χ4v) is 7.59. The number of aryl methyl sites for hydroxylation is 1. The number of fused-ring (bicyclic) bond motifs is 4. The minimum atomic E-state index is -0.502. The summed E-state index contributed by atoms with van der Waals surface area (Å²) in [6.45, 7) is 9.22. The van der Waals surface area contributed by atoms with E-state index >= 15 is 4.39 Å². The van der Waals surface area contributed by atoms with Gasteiger partial charge in [-0.25, -0.2) is 9.37 Å². The first-order valence-electron chi connectivity index (χ1n) is 15.6. The van der Waals surface area contributed by atoms with Gasteiger partial charge < -0.3 is 20.1 Å². The van der Waals surface area contributed by atoms with Crippen LogP contribution < -0.4 is 15.0 Å². The van der Waals surface area contributed by atoms with Crippen molar-refractivity contribution in [3.8, 4) is 23.0 Å². The van der Waals surface area contributed by atoms with E-state index in [0.717, 1.165) is 74.3 Å². The van der Waals surface area contributed by atoms with E-state index in [1.54, 1.807) is 12.1 Å². The Morgan fingerprint density at radius 2 is 1.88 bits per heavy atom. The normalized spacial score (nSPS) is 21.0. The Hall–Kier alpha value is -3.56. The van der Waals surface area contributed by atoms with Crippen LogP contribution in [0.1, 0.15) is 51.6 Å². The van der Waals surface area contributed by atoms with Gasteiger partial charge in [-0.05, 0) is 74.5 Å². The van der Waals surface area contributed by atoms with Gasteiger partial charge in [0.25, 0.3) is 0 Å². The van der Waals surface area contributed by atoms with Crippen molar-refractivity contribution in [1.29, 1.82) is 0 Å². The zero-order valence-electron chi connectivity index (χ0n) is 24.5. The molecule has 0 aliphatic carbocycles.